The summed E-state index contributed by atoms with van der Waals surface area (Å²) in [7, 11) is 0. The second-order valence-electron chi connectivity index (χ2n) is 3.75. The van der Waals surface area contributed by atoms with Crippen LogP contribution in [0.15, 0.2) is 41.6 Å². The molecule has 0 aliphatic heterocycles. The Morgan fingerprint density at radius 3 is 2.89 bits per heavy atom. The third-order valence-electron chi connectivity index (χ3n) is 2.38. The zero-order chi connectivity index (χ0) is 12.8. The van der Waals surface area contributed by atoms with Crippen LogP contribution >= 0.6 is 11.8 Å². The second kappa shape index (κ2) is 6.18. The van der Waals surface area contributed by atoms with Crippen LogP contribution in [0, 0.1) is 11.3 Å². The van der Waals surface area contributed by atoms with Gasteiger partial charge >= 0.3 is 0 Å². The molecule has 0 saturated heterocycles. The number of hydrogen-bond donors (Lipinski definition) is 0. The van der Waals surface area contributed by atoms with E-state index in [1.165, 1.54) is 0 Å². The lowest BCUT2D eigenvalue weighted by Gasteiger charge is -2.05. The first-order chi connectivity index (χ1) is 8.85. The Morgan fingerprint density at radius 1 is 1.33 bits per heavy atom. The van der Waals surface area contributed by atoms with Gasteiger partial charge in [-0.3, -0.25) is 4.98 Å². The highest BCUT2D eigenvalue weighted by Gasteiger charge is 2.07. The van der Waals surface area contributed by atoms with Crippen molar-refractivity contribution in [2.24, 2.45) is 0 Å². The molecule has 0 radical (unpaired) electrons. The van der Waals surface area contributed by atoms with Gasteiger partial charge in [0, 0.05) is 22.9 Å². The van der Waals surface area contributed by atoms with E-state index in [0.717, 1.165) is 28.3 Å². The summed E-state index contributed by atoms with van der Waals surface area (Å²) in [5, 5.41) is 9.04. The SMILES string of the molecule is CCCSc1cc(-c2ccccn2)cnc1C#N. The van der Waals surface area contributed by atoms with Gasteiger partial charge in [0.1, 0.15) is 6.07 Å². The largest absolute Gasteiger partial charge is 0.256 e. The fraction of sp³-hybridized carbons (Fsp3) is 0.214. The molecule has 0 fully saturated rings. The molecule has 2 aromatic heterocycles. The Kier molecular flexibility index (Phi) is 4.32. The first-order valence-electron chi connectivity index (χ1n) is 5.79. The van der Waals surface area contributed by atoms with Crippen molar-refractivity contribution in [3.63, 3.8) is 0 Å². The summed E-state index contributed by atoms with van der Waals surface area (Å²) in [6.45, 7) is 2.12. The van der Waals surface area contributed by atoms with Gasteiger partial charge in [0.2, 0.25) is 0 Å². The molecule has 0 N–H and O–H groups in total. The Morgan fingerprint density at radius 2 is 2.22 bits per heavy atom. The normalized spacial score (nSPS) is 10.0. The lowest BCUT2D eigenvalue weighted by molar-refractivity contribution is 1.10. The molecule has 0 unspecified atom stereocenters. The highest BCUT2D eigenvalue weighted by molar-refractivity contribution is 7.99. The monoisotopic (exact) mass is 255 g/mol. The molecule has 90 valence electrons. The predicted molar refractivity (Wildman–Crippen MR) is 73.2 cm³/mol. The summed E-state index contributed by atoms with van der Waals surface area (Å²) in [6.07, 6.45) is 4.53. The number of hydrogen-bond acceptors (Lipinski definition) is 4. The average Bonchev–Trinajstić information content (AvgIpc) is 2.45. The van der Waals surface area contributed by atoms with Crippen LogP contribution in [0.4, 0.5) is 0 Å². The first-order valence-corrected chi connectivity index (χ1v) is 6.78. The molecule has 0 aliphatic rings. The first kappa shape index (κ1) is 12.6. The van der Waals surface area contributed by atoms with Gasteiger partial charge in [0.25, 0.3) is 0 Å². The zero-order valence-electron chi connectivity index (χ0n) is 10.1. The maximum Gasteiger partial charge on any atom is 0.154 e. The van der Waals surface area contributed by atoms with Crippen molar-refractivity contribution < 1.29 is 0 Å². The Hall–Kier alpha value is -1.86. The molecule has 0 spiro atoms. The average molecular weight is 255 g/mol. The van der Waals surface area contributed by atoms with E-state index in [1.807, 2.05) is 24.3 Å². The summed E-state index contributed by atoms with van der Waals surface area (Å²) >= 11 is 1.67. The van der Waals surface area contributed by atoms with E-state index in [1.54, 1.807) is 24.2 Å². The molecule has 2 aromatic rings. The number of nitrogens with zero attached hydrogens (tertiary/aromatic N) is 3. The Labute approximate surface area is 111 Å². The van der Waals surface area contributed by atoms with Gasteiger partial charge in [-0.2, -0.15) is 5.26 Å². The van der Waals surface area contributed by atoms with Gasteiger partial charge < -0.3 is 0 Å². The molecule has 0 bridgehead atoms. The van der Waals surface area contributed by atoms with E-state index in [9.17, 15) is 0 Å². The fourth-order valence-electron chi connectivity index (χ4n) is 1.52. The van der Waals surface area contributed by atoms with Gasteiger partial charge in [0.05, 0.1) is 5.69 Å². The summed E-state index contributed by atoms with van der Waals surface area (Å²) in [4.78, 5) is 9.43. The molecule has 3 nitrogen and oxygen atoms in total. The minimum atomic E-state index is 0.494. The standard InChI is InChI=1S/C14H13N3S/c1-2-7-18-14-8-11(10-17-13(14)9-15)12-5-3-4-6-16-12/h3-6,8,10H,2,7H2,1H3. The molecular weight excluding hydrogens is 242 g/mol. The molecule has 0 saturated carbocycles. The van der Waals surface area contributed by atoms with Crippen molar-refractivity contribution in [1.82, 2.24) is 9.97 Å². The third kappa shape index (κ3) is 2.88. The number of pyridine rings is 2. The van der Waals surface area contributed by atoms with Crippen molar-refractivity contribution >= 4 is 11.8 Å². The van der Waals surface area contributed by atoms with Gasteiger partial charge in [0.15, 0.2) is 5.69 Å². The molecule has 0 amide bonds. The number of thioether (sulfide) groups is 1. The molecule has 2 rings (SSSR count). The van der Waals surface area contributed by atoms with Crippen LogP contribution in [-0.4, -0.2) is 15.7 Å². The molecule has 0 aliphatic carbocycles. The molecular formula is C14H13N3S. The summed E-state index contributed by atoms with van der Waals surface area (Å²) in [5.74, 6) is 0.988. The highest BCUT2D eigenvalue weighted by atomic mass is 32.2. The smallest absolute Gasteiger partial charge is 0.154 e. The van der Waals surface area contributed by atoms with Crippen LogP contribution in [0.2, 0.25) is 0 Å². The number of aromatic nitrogens is 2. The van der Waals surface area contributed by atoms with Crippen molar-refractivity contribution in [3.05, 3.63) is 42.4 Å². The van der Waals surface area contributed by atoms with E-state index < -0.39 is 0 Å². The number of rotatable bonds is 4. The van der Waals surface area contributed by atoms with Crippen molar-refractivity contribution in [3.8, 4) is 17.3 Å². The Bertz CT molecular complexity index is 561. The summed E-state index contributed by atoms with van der Waals surface area (Å²) < 4.78 is 0. The predicted octanol–water partition coefficient (Wildman–Crippen LogP) is 3.52. The van der Waals surface area contributed by atoms with E-state index in [2.05, 4.69) is 23.0 Å². The van der Waals surface area contributed by atoms with Crippen LogP contribution in [-0.2, 0) is 0 Å². The lowest BCUT2D eigenvalue weighted by atomic mass is 10.2. The zero-order valence-corrected chi connectivity index (χ0v) is 10.9. The minimum Gasteiger partial charge on any atom is -0.256 e. The molecule has 2 heterocycles. The van der Waals surface area contributed by atoms with E-state index in [0.29, 0.717) is 5.69 Å². The maximum atomic E-state index is 9.04. The van der Waals surface area contributed by atoms with Crippen LogP contribution < -0.4 is 0 Å². The van der Waals surface area contributed by atoms with Crippen molar-refractivity contribution in [2.45, 2.75) is 18.2 Å². The topological polar surface area (TPSA) is 49.6 Å². The van der Waals surface area contributed by atoms with E-state index in [4.69, 9.17) is 5.26 Å². The fourth-order valence-corrected chi connectivity index (χ4v) is 2.39. The lowest BCUT2D eigenvalue weighted by Crippen LogP contribution is -1.91. The van der Waals surface area contributed by atoms with Crippen molar-refractivity contribution in [1.29, 1.82) is 5.26 Å². The third-order valence-corrected chi connectivity index (χ3v) is 3.62. The Balaban J connectivity index is 2.37. The quantitative estimate of drug-likeness (QED) is 0.784. The number of nitriles is 1. The van der Waals surface area contributed by atoms with Crippen LogP contribution in [0.5, 0.6) is 0 Å². The van der Waals surface area contributed by atoms with Gasteiger partial charge in [-0.15, -0.1) is 11.8 Å². The van der Waals surface area contributed by atoms with Gasteiger partial charge in [-0.1, -0.05) is 13.0 Å². The van der Waals surface area contributed by atoms with Crippen LogP contribution in [0.1, 0.15) is 19.0 Å². The van der Waals surface area contributed by atoms with E-state index in [-0.39, 0.29) is 0 Å². The van der Waals surface area contributed by atoms with Gasteiger partial charge in [-0.05, 0) is 30.4 Å². The van der Waals surface area contributed by atoms with Crippen molar-refractivity contribution in [2.75, 3.05) is 5.75 Å². The van der Waals surface area contributed by atoms with Crippen LogP contribution in [0.25, 0.3) is 11.3 Å². The van der Waals surface area contributed by atoms with Crippen LogP contribution in [0.3, 0.4) is 0 Å². The molecule has 0 aromatic carbocycles. The summed E-state index contributed by atoms with van der Waals surface area (Å²) in [6, 6.07) is 9.89. The maximum absolute atomic E-state index is 9.04. The minimum absolute atomic E-state index is 0.494. The molecule has 0 atom stereocenters. The second-order valence-corrected chi connectivity index (χ2v) is 4.88. The highest BCUT2D eigenvalue weighted by Crippen LogP contribution is 2.26. The van der Waals surface area contributed by atoms with E-state index >= 15 is 0 Å². The summed E-state index contributed by atoms with van der Waals surface area (Å²) in [5.41, 5.74) is 2.33. The molecule has 4 heteroatoms. The molecule has 18 heavy (non-hydrogen) atoms. The van der Waals surface area contributed by atoms with Gasteiger partial charge in [-0.25, -0.2) is 4.98 Å².